The van der Waals surface area contributed by atoms with Crippen LogP contribution in [0.2, 0.25) is 5.02 Å². The van der Waals surface area contributed by atoms with Gasteiger partial charge in [-0.15, -0.1) is 13.2 Å². The molecule has 0 fully saturated rings. The maximum absolute atomic E-state index is 11.7. The van der Waals surface area contributed by atoms with Gasteiger partial charge in [-0.1, -0.05) is 23.1 Å². The summed E-state index contributed by atoms with van der Waals surface area (Å²) in [6, 6.07) is 3.51. The monoisotopic (exact) mass is 206 g/mol. The third-order valence-electron chi connectivity index (χ3n) is 1.18. The molecule has 0 heterocycles. The molecule has 0 aliphatic carbocycles. The molecule has 1 aromatic rings. The Kier molecular flexibility index (Phi) is 2.76. The lowest BCUT2D eigenvalue weighted by atomic mass is 9.97. The van der Waals surface area contributed by atoms with Crippen LogP contribution in [0.5, 0.6) is 5.75 Å². The second-order valence-electron chi connectivity index (χ2n) is 2.24. The quantitative estimate of drug-likeness (QED) is 0.639. The van der Waals surface area contributed by atoms with E-state index >= 15 is 0 Å². The maximum atomic E-state index is 11.7. The number of rotatable bonds is 1. The average Bonchev–Trinajstić information content (AvgIpc) is 1.93. The van der Waals surface area contributed by atoms with Crippen LogP contribution in [-0.4, -0.2) is 14.2 Å². The van der Waals surface area contributed by atoms with Crippen LogP contribution < -0.4 is 10.2 Å². The van der Waals surface area contributed by atoms with Gasteiger partial charge in [0.2, 0.25) is 0 Å². The van der Waals surface area contributed by atoms with Crippen LogP contribution in [0.3, 0.4) is 0 Å². The van der Waals surface area contributed by atoms with Gasteiger partial charge in [0.1, 0.15) is 13.6 Å². The molecule has 68 valence electrons. The summed E-state index contributed by atoms with van der Waals surface area (Å²) in [5.74, 6) is -0.455. The van der Waals surface area contributed by atoms with E-state index in [2.05, 4.69) is 4.74 Å². The smallest absolute Gasteiger partial charge is 0.404 e. The van der Waals surface area contributed by atoms with Gasteiger partial charge in [0.05, 0.1) is 5.02 Å². The van der Waals surface area contributed by atoms with E-state index in [0.29, 0.717) is 0 Å². The normalized spacial score (nSPS) is 11.4. The van der Waals surface area contributed by atoms with Crippen molar-refractivity contribution in [3.05, 3.63) is 23.2 Å². The fourth-order valence-electron chi connectivity index (χ4n) is 0.725. The molecule has 1 rings (SSSR count). The van der Waals surface area contributed by atoms with E-state index in [-0.39, 0.29) is 10.5 Å². The Balaban J connectivity index is 2.90. The van der Waals surface area contributed by atoms with Crippen LogP contribution in [0.4, 0.5) is 13.2 Å². The van der Waals surface area contributed by atoms with E-state index in [1.165, 1.54) is 12.1 Å². The summed E-state index contributed by atoms with van der Waals surface area (Å²) in [6.07, 6.45) is -4.74. The summed E-state index contributed by atoms with van der Waals surface area (Å²) < 4.78 is 38.7. The molecule has 0 unspecified atom stereocenters. The fraction of sp³-hybridized carbons (Fsp3) is 0.143. The lowest BCUT2D eigenvalue weighted by Gasteiger charge is -2.10. The first-order chi connectivity index (χ1) is 5.88. The number of alkyl halides is 3. The topological polar surface area (TPSA) is 9.23 Å². The van der Waals surface area contributed by atoms with E-state index in [1.54, 1.807) is 0 Å². The molecular weight excluding hydrogens is 203 g/mol. The van der Waals surface area contributed by atoms with E-state index in [4.69, 9.17) is 19.4 Å². The zero-order valence-electron chi connectivity index (χ0n) is 6.23. The van der Waals surface area contributed by atoms with Crippen LogP contribution >= 0.6 is 11.6 Å². The molecule has 1 nitrogen and oxygen atoms in total. The Bertz CT molecular complexity index is 313. The Labute approximate surface area is 78.9 Å². The van der Waals surface area contributed by atoms with Crippen molar-refractivity contribution in [1.82, 2.24) is 0 Å². The number of halogens is 4. The molecule has 0 atom stereocenters. The predicted octanol–water partition coefficient (Wildman–Crippen LogP) is 2.03. The van der Waals surface area contributed by atoms with Gasteiger partial charge in [-0.3, -0.25) is 0 Å². The standard InChI is InChI=1S/C7H3BClF3O/c8-4-1-2-6(5(9)3-4)13-7(10,11)12/h1-3H. The van der Waals surface area contributed by atoms with Gasteiger partial charge in [-0.25, -0.2) is 0 Å². The van der Waals surface area contributed by atoms with E-state index < -0.39 is 12.1 Å². The lowest BCUT2D eigenvalue weighted by molar-refractivity contribution is -0.274. The Morgan fingerprint density at radius 3 is 2.38 bits per heavy atom. The molecule has 0 saturated heterocycles. The molecular formula is C7H3BClF3O. The summed E-state index contributed by atoms with van der Waals surface area (Å²) >= 11 is 5.43. The first-order valence-electron chi connectivity index (χ1n) is 3.19. The first kappa shape index (κ1) is 10.2. The zero-order valence-corrected chi connectivity index (χ0v) is 6.99. The highest BCUT2D eigenvalue weighted by atomic mass is 35.5. The second-order valence-corrected chi connectivity index (χ2v) is 2.64. The summed E-state index contributed by atoms with van der Waals surface area (Å²) in [5, 5.41) is -0.169. The number of ether oxygens (including phenoxy) is 1. The minimum atomic E-state index is -4.74. The third kappa shape index (κ3) is 3.18. The Morgan fingerprint density at radius 2 is 1.92 bits per heavy atom. The molecule has 0 spiro atoms. The molecule has 6 heteroatoms. The SMILES string of the molecule is [B]c1ccc(OC(F)(F)F)c(Cl)c1. The highest BCUT2D eigenvalue weighted by Crippen LogP contribution is 2.28. The molecule has 13 heavy (non-hydrogen) atoms. The van der Waals surface area contributed by atoms with Gasteiger partial charge in [0.25, 0.3) is 0 Å². The molecule has 2 radical (unpaired) electrons. The highest BCUT2D eigenvalue weighted by Gasteiger charge is 2.31. The highest BCUT2D eigenvalue weighted by molar-refractivity contribution is 6.37. The fourth-order valence-corrected chi connectivity index (χ4v) is 0.952. The second kappa shape index (κ2) is 3.50. The Hall–Kier alpha value is -0.835. The summed E-state index contributed by atoms with van der Waals surface area (Å²) in [7, 11) is 5.27. The van der Waals surface area contributed by atoms with Gasteiger partial charge in [-0.2, -0.15) is 0 Å². The van der Waals surface area contributed by atoms with E-state index in [1.807, 2.05) is 0 Å². The zero-order chi connectivity index (χ0) is 10.1. The van der Waals surface area contributed by atoms with E-state index in [0.717, 1.165) is 6.07 Å². The van der Waals surface area contributed by atoms with Gasteiger partial charge < -0.3 is 4.74 Å². The van der Waals surface area contributed by atoms with Crippen molar-refractivity contribution in [3.8, 4) is 5.75 Å². The van der Waals surface area contributed by atoms with Crippen molar-refractivity contribution in [2.75, 3.05) is 0 Å². The van der Waals surface area contributed by atoms with Crippen molar-refractivity contribution < 1.29 is 17.9 Å². The van der Waals surface area contributed by atoms with Gasteiger partial charge in [-0.05, 0) is 12.1 Å². The van der Waals surface area contributed by atoms with Crippen molar-refractivity contribution in [3.63, 3.8) is 0 Å². The third-order valence-corrected chi connectivity index (χ3v) is 1.48. The minimum absolute atomic E-state index is 0.169. The van der Waals surface area contributed by atoms with E-state index in [9.17, 15) is 13.2 Å². The molecule has 0 saturated carbocycles. The average molecular weight is 206 g/mol. The molecule has 0 aliphatic heterocycles. The number of hydrogen-bond acceptors (Lipinski definition) is 1. The van der Waals surface area contributed by atoms with Crippen molar-refractivity contribution >= 4 is 24.9 Å². The van der Waals surface area contributed by atoms with Gasteiger partial charge in [0, 0.05) is 0 Å². The molecule has 0 N–H and O–H groups in total. The van der Waals surface area contributed by atoms with Crippen molar-refractivity contribution in [2.24, 2.45) is 0 Å². The van der Waals surface area contributed by atoms with Crippen LogP contribution in [0.25, 0.3) is 0 Å². The number of hydrogen-bond donors (Lipinski definition) is 0. The lowest BCUT2D eigenvalue weighted by Crippen LogP contribution is -2.18. The number of benzene rings is 1. The van der Waals surface area contributed by atoms with Crippen LogP contribution in [0.1, 0.15) is 0 Å². The van der Waals surface area contributed by atoms with Crippen LogP contribution in [0, 0.1) is 0 Å². The largest absolute Gasteiger partial charge is 0.573 e. The minimum Gasteiger partial charge on any atom is -0.404 e. The molecule has 0 aromatic heterocycles. The van der Waals surface area contributed by atoms with Crippen LogP contribution in [0.15, 0.2) is 18.2 Å². The van der Waals surface area contributed by atoms with Crippen molar-refractivity contribution in [2.45, 2.75) is 6.36 Å². The summed E-state index contributed by atoms with van der Waals surface area (Å²) in [5.41, 5.74) is 0.277. The summed E-state index contributed by atoms with van der Waals surface area (Å²) in [6.45, 7) is 0. The van der Waals surface area contributed by atoms with Gasteiger partial charge in [0.15, 0.2) is 0 Å². The molecule has 0 aliphatic rings. The van der Waals surface area contributed by atoms with Gasteiger partial charge >= 0.3 is 6.36 Å². The molecule has 0 bridgehead atoms. The Morgan fingerprint density at radius 1 is 1.31 bits per heavy atom. The maximum Gasteiger partial charge on any atom is 0.573 e. The van der Waals surface area contributed by atoms with Crippen molar-refractivity contribution in [1.29, 1.82) is 0 Å². The predicted molar refractivity (Wildman–Crippen MR) is 43.5 cm³/mol. The van der Waals surface area contributed by atoms with Crippen LogP contribution in [-0.2, 0) is 0 Å². The molecule has 1 aromatic carbocycles. The summed E-state index contributed by atoms with van der Waals surface area (Å²) in [4.78, 5) is 0. The first-order valence-corrected chi connectivity index (χ1v) is 3.57. The molecule has 0 amide bonds.